The molecule has 2 saturated carbocycles. The number of halogens is 1. The topological polar surface area (TPSA) is 111 Å². The zero-order valence-electron chi connectivity index (χ0n) is 23.1. The van der Waals surface area contributed by atoms with Crippen molar-refractivity contribution in [1.82, 2.24) is 9.79 Å². The van der Waals surface area contributed by atoms with Crippen LogP contribution in [0.3, 0.4) is 0 Å². The Hall–Kier alpha value is -1.21. The van der Waals surface area contributed by atoms with Crippen LogP contribution in [-0.2, 0) is 25.1 Å². The van der Waals surface area contributed by atoms with Crippen LogP contribution in [0.4, 0.5) is 4.79 Å². The standard InChI is InChI=1S/C17H22ClNO3.C10H15NO3S.Li/c1-16(2,3)22-15(21)19-17(11-7-6-10-14(17)20)12-8-4-5-9-13(12)18;1-8(2)7-3-4-9(8)6-15(12,13)11-10(9,5-7)14-11;/h4-5,8-10,20H,6-7,11H2,1-3H3,(H,19,21);7H,3-6H2,1-2H3;/q;;+1/p-1/t17-;7?,9?,10-,11?;/m10./s1. The molecule has 1 N–H and O–H groups in total. The number of sulfonamides is 1. The first-order chi connectivity index (χ1) is 17.1. The Morgan fingerprint density at radius 3 is 2.47 bits per heavy atom. The van der Waals surface area contributed by atoms with Crippen molar-refractivity contribution >= 4 is 27.7 Å². The molecule has 2 aliphatic heterocycles. The second kappa shape index (κ2) is 9.42. The summed E-state index contributed by atoms with van der Waals surface area (Å²) >= 11 is 6.27. The van der Waals surface area contributed by atoms with Crippen LogP contribution in [-0.4, -0.2) is 36.1 Å². The number of allylic oxidation sites excluding steroid dienone is 1. The minimum atomic E-state index is -3.12. The number of carbonyl (C=O) groups is 1. The van der Waals surface area contributed by atoms with Gasteiger partial charge in [0.05, 0.1) is 11.3 Å². The fraction of sp³-hybridized carbons (Fsp3) is 0.667. The number of hydroxylamine groups is 1. The van der Waals surface area contributed by atoms with Crippen LogP contribution in [0.2, 0.25) is 5.02 Å². The summed E-state index contributed by atoms with van der Waals surface area (Å²) in [5.74, 6) is 0.805. The molecule has 5 aliphatic rings. The third kappa shape index (κ3) is 4.33. The van der Waals surface area contributed by atoms with Crippen LogP contribution < -0.4 is 29.3 Å². The first kappa shape index (κ1) is 29.8. The summed E-state index contributed by atoms with van der Waals surface area (Å²) in [4.78, 5) is 17.7. The molecule has 2 heterocycles. The molecule has 1 amide bonds. The number of ether oxygens (including phenoxy) is 1. The summed E-state index contributed by atoms with van der Waals surface area (Å²) < 4.78 is 30.4. The number of rotatable bonds is 2. The van der Waals surface area contributed by atoms with E-state index in [0.717, 1.165) is 19.3 Å². The molecule has 6 rings (SSSR count). The first-order valence-corrected chi connectivity index (χ1v) is 15.0. The van der Waals surface area contributed by atoms with E-state index in [0.29, 0.717) is 35.1 Å². The number of hydrogen-bond donors (Lipinski definition) is 1. The Bertz CT molecular complexity index is 1260. The maximum absolute atomic E-state index is 12.6. The van der Waals surface area contributed by atoms with E-state index in [2.05, 4.69) is 19.2 Å². The van der Waals surface area contributed by atoms with E-state index in [4.69, 9.17) is 21.2 Å². The van der Waals surface area contributed by atoms with Gasteiger partial charge in [-0.1, -0.05) is 49.7 Å². The van der Waals surface area contributed by atoms with Gasteiger partial charge in [-0.15, -0.1) is 5.76 Å². The molecule has 2 spiro atoms. The van der Waals surface area contributed by atoms with Gasteiger partial charge in [0.1, 0.15) is 5.60 Å². The molecule has 0 radical (unpaired) electrons. The molecule has 204 valence electrons. The summed E-state index contributed by atoms with van der Waals surface area (Å²) in [7, 11) is -3.12. The number of nitrogens with zero attached hydrogens (tertiary/aromatic N) is 1. The maximum atomic E-state index is 12.6. The van der Waals surface area contributed by atoms with E-state index < -0.39 is 33.0 Å². The van der Waals surface area contributed by atoms with Crippen molar-refractivity contribution in [2.45, 2.75) is 90.0 Å². The molecule has 4 fully saturated rings. The summed E-state index contributed by atoms with van der Waals surface area (Å²) in [5, 5.41) is 15.8. The summed E-state index contributed by atoms with van der Waals surface area (Å²) in [6.07, 6.45) is 6.11. The van der Waals surface area contributed by atoms with Gasteiger partial charge in [-0.05, 0) is 86.7 Å². The monoisotopic (exact) mass is 558 g/mol. The minimum absolute atomic E-state index is 0. The van der Waals surface area contributed by atoms with Crippen LogP contribution in [0.25, 0.3) is 0 Å². The van der Waals surface area contributed by atoms with E-state index in [1.165, 1.54) is 10.9 Å². The number of nitrogens with one attached hydrogen (secondary N) is 1. The molecule has 0 aromatic heterocycles. The van der Waals surface area contributed by atoms with Gasteiger partial charge in [-0.2, -0.15) is 0 Å². The van der Waals surface area contributed by atoms with Crippen LogP contribution in [0.1, 0.15) is 78.7 Å². The number of benzene rings is 1. The zero-order valence-corrected chi connectivity index (χ0v) is 24.7. The number of hydrogen-bond acceptors (Lipinski definition) is 6. The summed E-state index contributed by atoms with van der Waals surface area (Å²) in [5.41, 5.74) is -1.58. The molecular formula is C27H36ClLiN2O6S. The number of alkyl carbamates (subject to hydrolysis) is 1. The zero-order chi connectivity index (χ0) is 27.1. The van der Waals surface area contributed by atoms with Gasteiger partial charge in [0.2, 0.25) is 10.0 Å². The van der Waals surface area contributed by atoms with E-state index in [1.54, 1.807) is 45.0 Å². The Morgan fingerprint density at radius 1 is 1.24 bits per heavy atom. The van der Waals surface area contributed by atoms with Crippen molar-refractivity contribution in [1.29, 1.82) is 0 Å². The van der Waals surface area contributed by atoms with Crippen molar-refractivity contribution in [3.63, 3.8) is 0 Å². The molecule has 3 aliphatic carbocycles. The normalized spacial score (nSPS) is 36.9. The summed E-state index contributed by atoms with van der Waals surface area (Å²) in [6.45, 7) is 9.79. The van der Waals surface area contributed by atoms with Crippen molar-refractivity contribution in [3.05, 3.63) is 46.7 Å². The van der Waals surface area contributed by atoms with Crippen LogP contribution in [0, 0.1) is 16.7 Å². The molecule has 2 bridgehead atoms. The third-order valence-electron chi connectivity index (χ3n) is 9.18. The van der Waals surface area contributed by atoms with Crippen molar-refractivity contribution in [2.24, 2.45) is 16.7 Å². The van der Waals surface area contributed by atoms with E-state index in [1.807, 2.05) is 6.07 Å². The molecule has 1 aromatic carbocycles. The van der Waals surface area contributed by atoms with E-state index >= 15 is 0 Å². The molecule has 5 atom stereocenters. The second-order valence-corrected chi connectivity index (χ2v) is 14.8. The number of fused-ring (bicyclic) bond motifs is 1. The van der Waals surface area contributed by atoms with Gasteiger partial charge in [0.15, 0.2) is 5.72 Å². The third-order valence-corrected chi connectivity index (χ3v) is 11.2. The number of amides is 1. The average molecular weight is 559 g/mol. The Morgan fingerprint density at radius 2 is 1.92 bits per heavy atom. The molecule has 2 saturated heterocycles. The second-order valence-electron chi connectivity index (χ2n) is 12.6. The molecule has 3 unspecified atom stereocenters. The fourth-order valence-electron chi connectivity index (χ4n) is 7.23. The van der Waals surface area contributed by atoms with Crippen LogP contribution in [0.15, 0.2) is 36.1 Å². The van der Waals surface area contributed by atoms with Gasteiger partial charge in [-0.3, -0.25) is 4.84 Å². The molecule has 8 nitrogen and oxygen atoms in total. The van der Waals surface area contributed by atoms with E-state index in [9.17, 15) is 18.3 Å². The van der Waals surface area contributed by atoms with Crippen LogP contribution in [0.5, 0.6) is 0 Å². The Balaban J connectivity index is 0.000000182. The first-order valence-electron chi connectivity index (χ1n) is 13.0. The fourth-order valence-corrected chi connectivity index (χ4v) is 9.95. The molecule has 38 heavy (non-hydrogen) atoms. The molecular weight excluding hydrogens is 523 g/mol. The maximum Gasteiger partial charge on any atom is 1.00 e. The predicted octanol–water partition coefficient (Wildman–Crippen LogP) is 1.59. The van der Waals surface area contributed by atoms with E-state index in [-0.39, 0.29) is 35.4 Å². The molecule has 11 heteroatoms. The van der Waals surface area contributed by atoms with Gasteiger partial charge >= 0.3 is 25.0 Å². The van der Waals surface area contributed by atoms with Crippen molar-refractivity contribution in [2.75, 3.05) is 5.75 Å². The average Bonchev–Trinajstić information content (AvgIpc) is 3.36. The van der Waals surface area contributed by atoms with Gasteiger partial charge < -0.3 is 15.2 Å². The Labute approximate surface area is 242 Å². The minimum Gasteiger partial charge on any atom is -0.874 e. The number of carbonyl (C=O) groups excluding carboxylic acids is 1. The predicted molar refractivity (Wildman–Crippen MR) is 137 cm³/mol. The van der Waals surface area contributed by atoms with Crippen molar-refractivity contribution < 1.29 is 46.8 Å². The van der Waals surface area contributed by atoms with Crippen molar-refractivity contribution in [3.8, 4) is 0 Å². The SMILES string of the molecule is CC(C)(C)OC(=O)N[C@@]1(c2ccccc2Cl)CCCC=C1[O-].CC1(C)C2CCC13CS(=O)(=O)N1O[C@]13C2.[Li+]. The van der Waals surface area contributed by atoms with Gasteiger partial charge in [0.25, 0.3) is 0 Å². The quantitative estimate of drug-likeness (QED) is 0.436. The summed E-state index contributed by atoms with van der Waals surface area (Å²) in [6, 6.07) is 7.10. The Kier molecular flexibility index (Phi) is 7.38. The smallest absolute Gasteiger partial charge is 0.874 e. The van der Waals surface area contributed by atoms with Crippen LogP contribution >= 0.6 is 11.6 Å². The molecule has 1 aromatic rings. The largest absolute Gasteiger partial charge is 1.00 e. The van der Waals surface area contributed by atoms with Gasteiger partial charge in [-0.25, -0.2) is 13.2 Å². The van der Waals surface area contributed by atoms with Gasteiger partial charge in [0, 0.05) is 10.4 Å².